The average Bonchev–Trinajstić information content (AvgIpc) is 2.18. The maximum Gasteiger partial charge on any atom is 0.116 e. The Labute approximate surface area is 102 Å². The van der Waals surface area contributed by atoms with Crippen LogP contribution in [-0.4, -0.2) is 11.3 Å². The van der Waals surface area contributed by atoms with Crippen molar-refractivity contribution >= 4 is 33.4 Å². The molecule has 1 aromatic rings. The number of benzene rings is 1. The van der Waals surface area contributed by atoms with Gasteiger partial charge in [0.2, 0.25) is 0 Å². The van der Waals surface area contributed by atoms with Crippen LogP contribution in [0.3, 0.4) is 0 Å². The standard InChI is InChI=1S/C11H11BrN2S/c1-6-3-8(12)11-9(4-6)15-10(5-13)7(2)14-11/h3-4,7,10,14H,1-2H3. The van der Waals surface area contributed by atoms with Crippen molar-refractivity contribution in [2.75, 3.05) is 5.32 Å². The predicted octanol–water partition coefficient (Wildman–Crippen LogP) is 3.56. The third-order valence-corrected chi connectivity index (χ3v) is 4.37. The predicted molar refractivity (Wildman–Crippen MR) is 67.2 cm³/mol. The molecule has 15 heavy (non-hydrogen) atoms. The molecular formula is C11H11BrN2S. The Hall–Kier alpha value is -0.660. The van der Waals surface area contributed by atoms with E-state index in [2.05, 4.69) is 46.4 Å². The lowest BCUT2D eigenvalue weighted by atomic mass is 10.2. The summed E-state index contributed by atoms with van der Waals surface area (Å²) in [6.07, 6.45) is 0. The zero-order chi connectivity index (χ0) is 11.0. The largest absolute Gasteiger partial charge is 0.379 e. The normalized spacial score (nSPS) is 23.9. The molecule has 2 unspecified atom stereocenters. The molecule has 1 aliphatic heterocycles. The zero-order valence-corrected chi connectivity index (χ0v) is 10.9. The fourth-order valence-corrected chi connectivity index (χ4v) is 3.58. The lowest BCUT2D eigenvalue weighted by Gasteiger charge is -2.28. The third kappa shape index (κ3) is 1.99. The van der Waals surface area contributed by atoms with Crippen LogP contribution >= 0.6 is 27.7 Å². The Kier molecular flexibility index (Phi) is 2.94. The maximum atomic E-state index is 9.00. The van der Waals surface area contributed by atoms with Crippen molar-refractivity contribution in [3.05, 3.63) is 22.2 Å². The zero-order valence-electron chi connectivity index (χ0n) is 8.54. The number of nitrogens with zero attached hydrogens (tertiary/aromatic N) is 1. The molecule has 0 spiro atoms. The Morgan fingerprint density at radius 1 is 1.53 bits per heavy atom. The first-order valence-corrected chi connectivity index (χ1v) is 6.42. The second-order valence-corrected chi connectivity index (χ2v) is 5.76. The Morgan fingerprint density at radius 2 is 2.27 bits per heavy atom. The molecule has 0 aromatic heterocycles. The minimum absolute atomic E-state index is 0.00815. The van der Waals surface area contributed by atoms with Crippen molar-refractivity contribution in [3.63, 3.8) is 0 Å². The van der Waals surface area contributed by atoms with Crippen molar-refractivity contribution in [1.82, 2.24) is 0 Å². The van der Waals surface area contributed by atoms with Gasteiger partial charge in [0.15, 0.2) is 0 Å². The van der Waals surface area contributed by atoms with Gasteiger partial charge in [-0.05, 0) is 47.5 Å². The highest BCUT2D eigenvalue weighted by atomic mass is 79.9. The molecule has 2 atom stereocenters. The smallest absolute Gasteiger partial charge is 0.116 e. The molecular weight excluding hydrogens is 272 g/mol. The van der Waals surface area contributed by atoms with E-state index in [1.807, 2.05) is 6.92 Å². The lowest BCUT2D eigenvalue weighted by molar-refractivity contribution is 0.818. The van der Waals surface area contributed by atoms with Crippen molar-refractivity contribution in [2.24, 2.45) is 0 Å². The number of hydrogen-bond donors (Lipinski definition) is 1. The van der Waals surface area contributed by atoms with E-state index < -0.39 is 0 Å². The van der Waals surface area contributed by atoms with Gasteiger partial charge >= 0.3 is 0 Å². The number of anilines is 1. The number of halogens is 1. The molecule has 2 rings (SSSR count). The van der Waals surface area contributed by atoms with Gasteiger partial charge in [0, 0.05) is 15.4 Å². The highest BCUT2D eigenvalue weighted by Gasteiger charge is 2.26. The van der Waals surface area contributed by atoms with Gasteiger partial charge in [-0.25, -0.2) is 0 Å². The van der Waals surface area contributed by atoms with Gasteiger partial charge in [0.05, 0.1) is 11.8 Å². The second-order valence-electron chi connectivity index (χ2n) is 3.72. The Balaban J connectivity index is 2.46. The van der Waals surface area contributed by atoms with E-state index in [1.54, 1.807) is 11.8 Å². The highest BCUT2D eigenvalue weighted by molar-refractivity contribution is 9.10. The molecule has 0 saturated carbocycles. The van der Waals surface area contributed by atoms with E-state index >= 15 is 0 Å². The molecule has 78 valence electrons. The van der Waals surface area contributed by atoms with Gasteiger partial charge in [-0.15, -0.1) is 11.8 Å². The van der Waals surface area contributed by atoms with Crippen LogP contribution in [0.5, 0.6) is 0 Å². The number of fused-ring (bicyclic) bond motifs is 1. The molecule has 1 aliphatic rings. The van der Waals surface area contributed by atoms with Gasteiger partial charge in [-0.3, -0.25) is 0 Å². The van der Waals surface area contributed by atoms with E-state index in [1.165, 1.54) is 5.56 Å². The van der Waals surface area contributed by atoms with E-state index in [-0.39, 0.29) is 11.3 Å². The van der Waals surface area contributed by atoms with E-state index in [0.717, 1.165) is 15.1 Å². The number of aryl methyl sites for hydroxylation is 1. The van der Waals surface area contributed by atoms with Gasteiger partial charge in [-0.2, -0.15) is 5.26 Å². The summed E-state index contributed by atoms with van der Waals surface area (Å²) in [7, 11) is 0. The summed E-state index contributed by atoms with van der Waals surface area (Å²) in [5, 5.41) is 12.4. The Morgan fingerprint density at radius 3 is 2.93 bits per heavy atom. The monoisotopic (exact) mass is 282 g/mol. The molecule has 0 amide bonds. The van der Waals surface area contributed by atoms with E-state index in [4.69, 9.17) is 5.26 Å². The van der Waals surface area contributed by atoms with Crippen LogP contribution in [0.15, 0.2) is 21.5 Å². The van der Waals surface area contributed by atoms with Gasteiger partial charge in [-0.1, -0.05) is 0 Å². The van der Waals surface area contributed by atoms with Crippen molar-refractivity contribution in [1.29, 1.82) is 5.26 Å². The topological polar surface area (TPSA) is 35.8 Å². The number of thioether (sulfide) groups is 1. The summed E-state index contributed by atoms with van der Waals surface area (Å²) in [5.74, 6) is 0. The minimum Gasteiger partial charge on any atom is -0.379 e. The first-order valence-electron chi connectivity index (χ1n) is 4.75. The van der Waals surface area contributed by atoms with Crippen molar-refractivity contribution < 1.29 is 0 Å². The average molecular weight is 283 g/mol. The van der Waals surface area contributed by atoms with Crippen LogP contribution in [0.2, 0.25) is 0 Å². The highest BCUT2D eigenvalue weighted by Crippen LogP contribution is 2.42. The molecule has 0 radical (unpaired) electrons. The molecule has 0 fully saturated rings. The number of nitriles is 1. The molecule has 1 heterocycles. The van der Waals surface area contributed by atoms with Crippen LogP contribution in [0.4, 0.5) is 5.69 Å². The van der Waals surface area contributed by atoms with Crippen molar-refractivity contribution in [2.45, 2.75) is 30.0 Å². The van der Waals surface area contributed by atoms with Crippen LogP contribution in [0.1, 0.15) is 12.5 Å². The molecule has 0 saturated heterocycles. The SMILES string of the molecule is Cc1cc(Br)c2c(c1)SC(C#N)C(C)N2. The van der Waals surface area contributed by atoms with Gasteiger partial charge in [0.1, 0.15) is 5.25 Å². The number of rotatable bonds is 0. The quantitative estimate of drug-likeness (QED) is 0.791. The third-order valence-electron chi connectivity index (χ3n) is 2.41. The first-order chi connectivity index (χ1) is 7.11. The number of nitrogens with one attached hydrogen (secondary N) is 1. The molecule has 0 aliphatic carbocycles. The molecule has 2 nitrogen and oxygen atoms in total. The summed E-state index contributed by atoms with van der Waals surface area (Å²) < 4.78 is 1.08. The van der Waals surface area contributed by atoms with Crippen LogP contribution in [0, 0.1) is 18.3 Å². The Bertz CT molecular complexity index is 439. The summed E-state index contributed by atoms with van der Waals surface area (Å²) in [6.45, 7) is 4.10. The summed E-state index contributed by atoms with van der Waals surface area (Å²) in [4.78, 5) is 1.16. The second kappa shape index (κ2) is 4.07. The van der Waals surface area contributed by atoms with Gasteiger partial charge < -0.3 is 5.32 Å². The van der Waals surface area contributed by atoms with Gasteiger partial charge in [0.25, 0.3) is 0 Å². The molecule has 4 heteroatoms. The minimum atomic E-state index is -0.00815. The van der Waals surface area contributed by atoms with Crippen LogP contribution < -0.4 is 5.32 Å². The maximum absolute atomic E-state index is 9.00. The molecule has 1 N–H and O–H groups in total. The van der Waals surface area contributed by atoms with Crippen LogP contribution in [0.25, 0.3) is 0 Å². The summed E-state index contributed by atoms with van der Waals surface area (Å²) in [6, 6.07) is 6.71. The van der Waals surface area contributed by atoms with E-state index in [9.17, 15) is 0 Å². The fraction of sp³-hybridized carbons (Fsp3) is 0.364. The number of hydrogen-bond acceptors (Lipinski definition) is 3. The van der Waals surface area contributed by atoms with E-state index in [0.29, 0.717) is 0 Å². The molecule has 1 aromatic carbocycles. The fourth-order valence-electron chi connectivity index (χ4n) is 1.62. The summed E-state index contributed by atoms with van der Waals surface area (Å²) in [5.41, 5.74) is 2.32. The lowest BCUT2D eigenvalue weighted by Crippen LogP contribution is -2.30. The summed E-state index contributed by atoms with van der Waals surface area (Å²) >= 11 is 5.18. The first kappa shape index (κ1) is 10.8. The molecule has 0 bridgehead atoms. The van der Waals surface area contributed by atoms with Crippen molar-refractivity contribution in [3.8, 4) is 6.07 Å². The van der Waals surface area contributed by atoms with Crippen LogP contribution in [-0.2, 0) is 0 Å².